The zero-order valence-corrected chi connectivity index (χ0v) is 15.4. The van der Waals surface area contributed by atoms with E-state index in [1.165, 1.54) is 18.4 Å². The maximum atomic E-state index is 11.5. The molecule has 21 heavy (non-hydrogen) atoms. The molecule has 1 N–H and O–H groups in total. The fourth-order valence-electron chi connectivity index (χ4n) is 2.40. The molecule has 0 radical (unpaired) electrons. The van der Waals surface area contributed by atoms with Crippen LogP contribution in [0.2, 0.25) is 0 Å². The fraction of sp³-hybridized carbons (Fsp3) is 0.571. The van der Waals surface area contributed by atoms with Gasteiger partial charge in [-0.1, -0.05) is 0 Å². The molecule has 1 heterocycles. The molecule has 1 atom stereocenters. The maximum absolute atomic E-state index is 11.5. The molecule has 0 amide bonds. The lowest BCUT2D eigenvalue weighted by atomic mass is 10.2. The van der Waals surface area contributed by atoms with Crippen LogP contribution in [0.1, 0.15) is 24.8 Å². The van der Waals surface area contributed by atoms with Crippen molar-refractivity contribution in [1.82, 2.24) is 5.32 Å². The normalized spacial score (nSPS) is 24.2. The van der Waals surface area contributed by atoms with E-state index in [1.54, 1.807) is 0 Å². The van der Waals surface area contributed by atoms with Gasteiger partial charge < -0.3 is 10.1 Å². The van der Waals surface area contributed by atoms with Gasteiger partial charge in [0.15, 0.2) is 9.84 Å². The number of hydrogen-bond donors (Lipinski definition) is 1. The highest BCUT2D eigenvalue weighted by molar-refractivity contribution is 9.11. The summed E-state index contributed by atoms with van der Waals surface area (Å²) in [6.45, 7) is 0.833. The Morgan fingerprint density at radius 2 is 1.86 bits per heavy atom. The van der Waals surface area contributed by atoms with E-state index in [0.717, 1.165) is 15.5 Å². The van der Waals surface area contributed by atoms with Crippen LogP contribution in [-0.2, 0) is 16.4 Å². The molecular weight excluding hydrogens is 422 g/mol. The van der Waals surface area contributed by atoms with Crippen molar-refractivity contribution in [3.05, 3.63) is 26.6 Å². The molecular formula is C14H17Br2NO3S. The SMILES string of the molecule is O=S1(=O)CCC(Oc2c(Br)cc(CNC3CC3)cc2Br)C1. The molecule has 1 aliphatic heterocycles. The minimum Gasteiger partial charge on any atom is -0.487 e. The molecule has 0 bridgehead atoms. The van der Waals surface area contributed by atoms with Crippen LogP contribution in [0, 0.1) is 0 Å². The van der Waals surface area contributed by atoms with Crippen LogP contribution >= 0.6 is 31.9 Å². The van der Waals surface area contributed by atoms with E-state index in [0.29, 0.717) is 18.2 Å². The lowest BCUT2D eigenvalue weighted by Crippen LogP contribution is -2.18. The summed E-state index contributed by atoms with van der Waals surface area (Å²) in [5.41, 5.74) is 1.17. The summed E-state index contributed by atoms with van der Waals surface area (Å²) < 4.78 is 30.6. The zero-order valence-electron chi connectivity index (χ0n) is 11.4. The van der Waals surface area contributed by atoms with Crippen molar-refractivity contribution < 1.29 is 13.2 Å². The van der Waals surface area contributed by atoms with E-state index in [9.17, 15) is 8.42 Å². The van der Waals surface area contributed by atoms with Crippen molar-refractivity contribution in [2.75, 3.05) is 11.5 Å². The first-order valence-electron chi connectivity index (χ1n) is 7.01. The number of nitrogens with one attached hydrogen (secondary N) is 1. The Bertz CT molecular complexity index is 621. The first-order chi connectivity index (χ1) is 9.93. The van der Waals surface area contributed by atoms with Gasteiger partial charge in [0, 0.05) is 12.6 Å². The molecule has 1 saturated carbocycles. The van der Waals surface area contributed by atoms with Gasteiger partial charge in [0.05, 0.1) is 20.5 Å². The third kappa shape index (κ3) is 4.21. The Labute approximate surface area is 141 Å². The van der Waals surface area contributed by atoms with Crippen LogP contribution in [0.3, 0.4) is 0 Å². The number of hydrogen-bond acceptors (Lipinski definition) is 4. The maximum Gasteiger partial charge on any atom is 0.154 e. The number of halogens is 2. The van der Waals surface area contributed by atoms with Gasteiger partial charge in [-0.2, -0.15) is 0 Å². The fourth-order valence-corrected chi connectivity index (χ4v) is 5.46. The lowest BCUT2D eigenvalue weighted by Gasteiger charge is -2.16. The predicted octanol–water partition coefficient (Wildman–Crippen LogP) is 3.03. The van der Waals surface area contributed by atoms with E-state index in [2.05, 4.69) is 37.2 Å². The molecule has 4 nitrogen and oxygen atoms in total. The summed E-state index contributed by atoms with van der Waals surface area (Å²) in [6.07, 6.45) is 2.84. The highest BCUT2D eigenvalue weighted by Crippen LogP contribution is 2.36. The Kier molecular flexibility index (Phi) is 4.64. The predicted molar refractivity (Wildman–Crippen MR) is 89.4 cm³/mol. The zero-order chi connectivity index (χ0) is 15.0. The number of sulfone groups is 1. The number of rotatable bonds is 5. The average molecular weight is 439 g/mol. The van der Waals surface area contributed by atoms with Crippen LogP contribution < -0.4 is 10.1 Å². The molecule has 1 unspecified atom stereocenters. The molecule has 3 rings (SSSR count). The van der Waals surface area contributed by atoms with Gasteiger partial charge in [-0.25, -0.2) is 8.42 Å². The Balaban J connectivity index is 1.70. The second-order valence-corrected chi connectivity index (χ2v) is 9.62. The van der Waals surface area contributed by atoms with Crippen molar-refractivity contribution in [2.45, 2.75) is 38.0 Å². The van der Waals surface area contributed by atoms with Crippen molar-refractivity contribution in [1.29, 1.82) is 0 Å². The second-order valence-electron chi connectivity index (χ2n) is 5.69. The Morgan fingerprint density at radius 1 is 1.19 bits per heavy atom. The monoisotopic (exact) mass is 437 g/mol. The van der Waals surface area contributed by atoms with Gasteiger partial charge in [0.2, 0.25) is 0 Å². The summed E-state index contributed by atoms with van der Waals surface area (Å²) in [5, 5.41) is 3.47. The van der Waals surface area contributed by atoms with Crippen molar-refractivity contribution in [3.8, 4) is 5.75 Å². The minimum atomic E-state index is -2.93. The molecule has 2 aliphatic rings. The summed E-state index contributed by atoms with van der Waals surface area (Å²) in [4.78, 5) is 0. The van der Waals surface area contributed by atoms with Crippen LogP contribution in [0.25, 0.3) is 0 Å². The molecule has 1 saturated heterocycles. The first kappa shape index (κ1) is 15.8. The third-order valence-electron chi connectivity index (χ3n) is 3.71. The second kappa shape index (κ2) is 6.18. The molecule has 1 aliphatic carbocycles. The van der Waals surface area contributed by atoms with Gasteiger partial charge in [-0.3, -0.25) is 0 Å². The quantitative estimate of drug-likeness (QED) is 0.767. The smallest absolute Gasteiger partial charge is 0.154 e. The highest BCUT2D eigenvalue weighted by Gasteiger charge is 2.30. The molecule has 7 heteroatoms. The number of ether oxygens (including phenoxy) is 1. The summed E-state index contributed by atoms with van der Waals surface area (Å²) in [7, 11) is -2.93. The van der Waals surface area contributed by atoms with Crippen LogP contribution in [0.4, 0.5) is 0 Å². The van der Waals surface area contributed by atoms with E-state index >= 15 is 0 Å². The third-order valence-corrected chi connectivity index (χ3v) is 6.62. The van der Waals surface area contributed by atoms with E-state index in [4.69, 9.17) is 4.74 Å². The van der Waals surface area contributed by atoms with E-state index in [1.807, 2.05) is 12.1 Å². The average Bonchev–Trinajstić information content (AvgIpc) is 3.16. The van der Waals surface area contributed by atoms with Gasteiger partial charge in [0.1, 0.15) is 11.9 Å². The van der Waals surface area contributed by atoms with Gasteiger partial charge in [0.25, 0.3) is 0 Å². The minimum absolute atomic E-state index is 0.108. The van der Waals surface area contributed by atoms with Crippen LogP contribution in [0.15, 0.2) is 21.1 Å². The molecule has 0 aromatic heterocycles. The molecule has 1 aromatic carbocycles. The number of benzene rings is 1. The highest BCUT2D eigenvalue weighted by atomic mass is 79.9. The standard InChI is InChI=1S/C14H17Br2NO3S/c15-12-5-9(7-17-10-1-2-10)6-13(16)14(12)20-11-3-4-21(18,19)8-11/h5-6,10-11,17H,1-4,7-8H2. The van der Waals surface area contributed by atoms with Gasteiger partial charge in [-0.05, 0) is 68.8 Å². The van der Waals surface area contributed by atoms with Gasteiger partial charge in [-0.15, -0.1) is 0 Å². The lowest BCUT2D eigenvalue weighted by molar-refractivity contribution is 0.226. The Morgan fingerprint density at radius 3 is 2.38 bits per heavy atom. The van der Waals surface area contributed by atoms with Crippen molar-refractivity contribution in [3.63, 3.8) is 0 Å². The largest absolute Gasteiger partial charge is 0.487 e. The topological polar surface area (TPSA) is 55.4 Å². The Hall–Kier alpha value is -0.110. The molecule has 2 fully saturated rings. The van der Waals surface area contributed by atoms with Gasteiger partial charge >= 0.3 is 0 Å². The van der Waals surface area contributed by atoms with Crippen LogP contribution in [-0.4, -0.2) is 32.1 Å². The first-order valence-corrected chi connectivity index (χ1v) is 10.4. The van der Waals surface area contributed by atoms with E-state index < -0.39 is 9.84 Å². The molecule has 0 spiro atoms. The summed E-state index contributed by atoms with van der Waals surface area (Å²) in [5.74, 6) is 1.01. The summed E-state index contributed by atoms with van der Waals surface area (Å²) in [6, 6.07) is 4.72. The van der Waals surface area contributed by atoms with Crippen molar-refractivity contribution in [2.24, 2.45) is 0 Å². The van der Waals surface area contributed by atoms with E-state index in [-0.39, 0.29) is 17.6 Å². The molecule has 116 valence electrons. The summed E-state index contributed by atoms with van der Waals surface area (Å²) >= 11 is 7.05. The van der Waals surface area contributed by atoms with Crippen LogP contribution in [0.5, 0.6) is 5.75 Å². The molecule has 1 aromatic rings. The van der Waals surface area contributed by atoms with Crippen molar-refractivity contribution >= 4 is 41.7 Å².